The van der Waals surface area contributed by atoms with Crippen LogP contribution >= 0.6 is 12.4 Å². The van der Waals surface area contributed by atoms with Crippen molar-refractivity contribution in [2.75, 3.05) is 12.3 Å². The standard InChI is InChI=1S/C13H15N3O3.ClH/c14-11-12(18)15-8-16-13(11)19-10-5-1-3-9(7-10)4-2-6-17;/h1,3,5,7-8,17H,2,4,6,14H2,(H,15,16,18);1H. The average Bonchev–Trinajstić information content (AvgIpc) is 2.42. The fourth-order valence-electron chi connectivity index (χ4n) is 1.63. The fraction of sp³-hybridized carbons (Fsp3) is 0.231. The summed E-state index contributed by atoms with van der Waals surface area (Å²) < 4.78 is 5.49. The number of nitrogens with two attached hydrogens (primary N) is 1. The van der Waals surface area contributed by atoms with Gasteiger partial charge in [0.25, 0.3) is 5.56 Å². The van der Waals surface area contributed by atoms with Gasteiger partial charge in [0, 0.05) is 6.61 Å². The Kier molecular flexibility index (Phi) is 6.02. The minimum absolute atomic E-state index is 0. The van der Waals surface area contributed by atoms with E-state index in [-0.39, 0.29) is 30.6 Å². The van der Waals surface area contributed by atoms with Gasteiger partial charge in [0.05, 0.1) is 6.33 Å². The van der Waals surface area contributed by atoms with E-state index in [1.165, 1.54) is 6.33 Å². The Morgan fingerprint density at radius 2 is 2.20 bits per heavy atom. The van der Waals surface area contributed by atoms with Gasteiger partial charge in [-0.2, -0.15) is 0 Å². The van der Waals surface area contributed by atoms with E-state index in [1.54, 1.807) is 6.07 Å². The number of nitrogen functional groups attached to an aromatic ring is 1. The lowest BCUT2D eigenvalue weighted by atomic mass is 10.1. The summed E-state index contributed by atoms with van der Waals surface area (Å²) in [6.45, 7) is 0.146. The molecule has 0 aliphatic heterocycles. The molecule has 0 amide bonds. The van der Waals surface area contributed by atoms with Crippen molar-refractivity contribution in [1.82, 2.24) is 9.97 Å². The third-order valence-electron chi connectivity index (χ3n) is 2.59. The molecule has 1 heterocycles. The summed E-state index contributed by atoms with van der Waals surface area (Å²) in [5.74, 6) is 0.642. The minimum Gasteiger partial charge on any atom is -0.437 e. The van der Waals surface area contributed by atoms with Gasteiger partial charge in [-0.05, 0) is 30.5 Å². The van der Waals surface area contributed by atoms with Crippen molar-refractivity contribution in [2.24, 2.45) is 0 Å². The lowest BCUT2D eigenvalue weighted by Gasteiger charge is -2.07. The van der Waals surface area contributed by atoms with Gasteiger partial charge in [-0.3, -0.25) is 4.79 Å². The maximum atomic E-state index is 11.3. The van der Waals surface area contributed by atoms with Crippen molar-refractivity contribution < 1.29 is 9.84 Å². The van der Waals surface area contributed by atoms with Crippen molar-refractivity contribution in [1.29, 1.82) is 0 Å². The topological polar surface area (TPSA) is 101 Å². The van der Waals surface area contributed by atoms with Crippen LogP contribution in [0.15, 0.2) is 35.4 Å². The summed E-state index contributed by atoms with van der Waals surface area (Å²) in [6, 6.07) is 7.37. The molecule has 1 aromatic heterocycles. The third-order valence-corrected chi connectivity index (χ3v) is 2.59. The smallest absolute Gasteiger partial charge is 0.277 e. The van der Waals surface area contributed by atoms with E-state index in [2.05, 4.69) is 9.97 Å². The monoisotopic (exact) mass is 297 g/mol. The molecule has 1 aromatic carbocycles. The molecule has 0 fully saturated rings. The Morgan fingerprint density at radius 1 is 1.40 bits per heavy atom. The lowest BCUT2D eigenvalue weighted by molar-refractivity contribution is 0.288. The molecule has 0 atom stereocenters. The molecule has 108 valence electrons. The Balaban J connectivity index is 0.00000200. The van der Waals surface area contributed by atoms with E-state index < -0.39 is 5.56 Å². The molecule has 4 N–H and O–H groups in total. The number of hydrogen-bond acceptors (Lipinski definition) is 5. The summed E-state index contributed by atoms with van der Waals surface area (Å²) in [5.41, 5.74) is 6.14. The normalized spacial score (nSPS) is 9.85. The molecule has 0 unspecified atom stereocenters. The molecule has 0 bridgehead atoms. The predicted molar refractivity (Wildman–Crippen MR) is 78.4 cm³/mol. The molecule has 2 rings (SSSR count). The molecule has 0 aliphatic carbocycles. The number of rotatable bonds is 5. The number of aromatic nitrogens is 2. The van der Waals surface area contributed by atoms with Crippen LogP contribution < -0.4 is 16.0 Å². The molecule has 0 saturated heterocycles. The number of nitrogens with zero attached hydrogens (tertiary/aromatic N) is 1. The molecule has 6 nitrogen and oxygen atoms in total. The number of ether oxygens (including phenoxy) is 1. The van der Waals surface area contributed by atoms with Crippen molar-refractivity contribution in [3.05, 3.63) is 46.5 Å². The van der Waals surface area contributed by atoms with Crippen LogP contribution in [0.4, 0.5) is 5.69 Å². The largest absolute Gasteiger partial charge is 0.437 e. The van der Waals surface area contributed by atoms with Gasteiger partial charge < -0.3 is 20.6 Å². The van der Waals surface area contributed by atoms with Crippen molar-refractivity contribution in [3.63, 3.8) is 0 Å². The van der Waals surface area contributed by atoms with Gasteiger partial charge in [-0.25, -0.2) is 4.98 Å². The van der Waals surface area contributed by atoms with Crippen LogP contribution in [-0.4, -0.2) is 21.7 Å². The molecule has 20 heavy (non-hydrogen) atoms. The van der Waals surface area contributed by atoms with Gasteiger partial charge >= 0.3 is 0 Å². The summed E-state index contributed by atoms with van der Waals surface area (Å²) in [7, 11) is 0. The van der Waals surface area contributed by atoms with E-state index in [0.29, 0.717) is 12.2 Å². The highest BCUT2D eigenvalue weighted by Gasteiger charge is 2.07. The third kappa shape index (κ3) is 3.97. The van der Waals surface area contributed by atoms with Crippen LogP contribution in [0, 0.1) is 0 Å². The molecule has 0 radical (unpaired) electrons. The van der Waals surface area contributed by atoms with Gasteiger partial charge in [0.15, 0.2) is 5.69 Å². The number of aromatic amines is 1. The van der Waals surface area contributed by atoms with E-state index >= 15 is 0 Å². The van der Waals surface area contributed by atoms with Crippen LogP contribution in [0.1, 0.15) is 12.0 Å². The SMILES string of the molecule is Cl.Nc1c(Oc2cccc(CCCO)c2)nc[nH]c1=O. The summed E-state index contributed by atoms with van der Waals surface area (Å²) in [5, 5.41) is 8.80. The van der Waals surface area contributed by atoms with Crippen molar-refractivity contribution >= 4 is 18.1 Å². The van der Waals surface area contributed by atoms with E-state index in [9.17, 15) is 4.79 Å². The summed E-state index contributed by atoms with van der Waals surface area (Å²) >= 11 is 0. The molecular formula is C13H16ClN3O3. The zero-order chi connectivity index (χ0) is 13.7. The Morgan fingerprint density at radius 3 is 2.95 bits per heavy atom. The Hall–Kier alpha value is -2.05. The zero-order valence-electron chi connectivity index (χ0n) is 10.7. The van der Waals surface area contributed by atoms with E-state index in [1.807, 2.05) is 18.2 Å². The number of benzene rings is 1. The average molecular weight is 298 g/mol. The second kappa shape index (κ2) is 7.52. The van der Waals surface area contributed by atoms with Crippen LogP contribution in [-0.2, 0) is 6.42 Å². The number of aliphatic hydroxyl groups excluding tert-OH is 1. The molecule has 0 spiro atoms. The van der Waals surface area contributed by atoms with Crippen LogP contribution in [0.25, 0.3) is 0 Å². The van der Waals surface area contributed by atoms with Crippen LogP contribution in [0.5, 0.6) is 11.6 Å². The summed E-state index contributed by atoms with van der Waals surface area (Å²) in [4.78, 5) is 17.6. The minimum atomic E-state index is -0.429. The number of halogens is 1. The van der Waals surface area contributed by atoms with Crippen molar-refractivity contribution in [3.8, 4) is 11.6 Å². The van der Waals surface area contributed by atoms with Crippen LogP contribution in [0.2, 0.25) is 0 Å². The molecule has 7 heteroatoms. The number of aliphatic hydroxyl groups is 1. The van der Waals surface area contributed by atoms with Crippen LogP contribution in [0.3, 0.4) is 0 Å². The van der Waals surface area contributed by atoms with E-state index in [0.717, 1.165) is 12.0 Å². The first-order valence-corrected chi connectivity index (χ1v) is 5.91. The Labute approximate surface area is 122 Å². The number of H-pyrrole nitrogens is 1. The number of hydrogen-bond donors (Lipinski definition) is 3. The quantitative estimate of drug-likeness (QED) is 0.776. The summed E-state index contributed by atoms with van der Waals surface area (Å²) in [6.07, 6.45) is 2.68. The second-order valence-corrected chi connectivity index (χ2v) is 4.03. The highest BCUT2D eigenvalue weighted by molar-refractivity contribution is 5.85. The number of aryl methyl sites for hydroxylation is 1. The lowest BCUT2D eigenvalue weighted by Crippen LogP contribution is -2.13. The molecule has 0 saturated carbocycles. The highest BCUT2D eigenvalue weighted by Crippen LogP contribution is 2.23. The second-order valence-electron chi connectivity index (χ2n) is 4.03. The zero-order valence-corrected chi connectivity index (χ0v) is 11.5. The predicted octanol–water partition coefficient (Wildman–Crippen LogP) is 1.49. The Bertz CT molecular complexity index is 616. The first-order valence-electron chi connectivity index (χ1n) is 5.91. The molecule has 2 aromatic rings. The number of anilines is 1. The van der Waals surface area contributed by atoms with Gasteiger partial charge in [0.1, 0.15) is 5.75 Å². The van der Waals surface area contributed by atoms with Crippen molar-refractivity contribution in [2.45, 2.75) is 12.8 Å². The maximum absolute atomic E-state index is 11.3. The highest BCUT2D eigenvalue weighted by atomic mass is 35.5. The maximum Gasteiger partial charge on any atom is 0.277 e. The van der Waals surface area contributed by atoms with Gasteiger partial charge in [-0.1, -0.05) is 12.1 Å². The van der Waals surface area contributed by atoms with Gasteiger partial charge in [0.2, 0.25) is 5.88 Å². The molecule has 0 aliphatic rings. The first-order chi connectivity index (χ1) is 9.20. The van der Waals surface area contributed by atoms with E-state index in [4.69, 9.17) is 15.6 Å². The fourth-order valence-corrected chi connectivity index (χ4v) is 1.63. The first kappa shape index (κ1) is 16.0. The van der Waals surface area contributed by atoms with Gasteiger partial charge in [-0.15, -0.1) is 12.4 Å². The number of nitrogens with one attached hydrogen (secondary N) is 1. The molecular weight excluding hydrogens is 282 g/mol.